The van der Waals surface area contributed by atoms with Crippen molar-refractivity contribution < 1.29 is 8.78 Å². The van der Waals surface area contributed by atoms with E-state index >= 15 is 8.78 Å². The van der Waals surface area contributed by atoms with Crippen molar-refractivity contribution in [1.82, 2.24) is 18.3 Å². The first-order valence-corrected chi connectivity index (χ1v) is 28.5. The van der Waals surface area contributed by atoms with Crippen LogP contribution in [0.1, 0.15) is 61.1 Å². The van der Waals surface area contributed by atoms with Gasteiger partial charge in [0, 0.05) is 98.5 Å². The molecule has 0 radical (unpaired) electrons. The van der Waals surface area contributed by atoms with Crippen molar-refractivity contribution in [1.29, 1.82) is 0 Å². The maximum atomic E-state index is 18.5. The van der Waals surface area contributed by atoms with E-state index in [2.05, 4.69) is 244 Å². The fraction of sp³-hybridized carbons (Fsp3) is 0.132. The van der Waals surface area contributed by atoms with Crippen molar-refractivity contribution in [2.45, 2.75) is 66.5 Å². The Labute approximate surface area is 475 Å². The van der Waals surface area contributed by atoms with Gasteiger partial charge in [0.25, 0.3) is 0 Å². The van der Waals surface area contributed by atoms with E-state index in [0.717, 1.165) is 126 Å². The SMILES string of the molecule is Cc1ccc2c(c1)c1cc(C)ccc1n2-c1c(-c2ccccc2F)c(C(C)(C)n2c3ccccc3c3ccccc32)c(-n2c3ccc(C)cc3c3cc(C)ccc32)c(C(C)(C)n2c3ccccc3c3ccccc32)c1-c1ccccc1F. The second-order valence-corrected chi connectivity index (χ2v) is 23.8. The molecule has 0 N–H and O–H groups in total. The molecule has 15 aromatic rings. The molecule has 0 fully saturated rings. The Hall–Kier alpha value is -9.52. The van der Waals surface area contributed by atoms with Crippen molar-refractivity contribution >= 4 is 87.2 Å². The van der Waals surface area contributed by atoms with E-state index in [-0.39, 0.29) is 11.6 Å². The standard InChI is InChI=1S/C76H60F2N4/c1-45-33-37-61-55(41-45)56-42-46(2)34-38-62(56)79(61)73-69(53-25-9-15-27-59(53)77)71(75(5,6)81-65-29-17-11-21-49(65)50-22-12-18-30-66(50)81)74(80-63-39-35-47(3)43-57(63)58-44-48(4)36-40-64(58)80)72(70(73)54-26-10-16-28-60(54)78)76(7,8)82-67-31-19-13-23-51(67)52-24-14-20-32-68(52)82/h9-44H,1-8H3. The highest BCUT2D eigenvalue weighted by Crippen LogP contribution is 2.57. The molecule has 0 unspecified atom stereocenters. The highest BCUT2D eigenvalue weighted by molar-refractivity contribution is 6.15. The minimum Gasteiger partial charge on any atom is -0.331 e. The summed E-state index contributed by atoms with van der Waals surface area (Å²) < 4.78 is 46.9. The van der Waals surface area contributed by atoms with Crippen LogP contribution in [0.3, 0.4) is 0 Å². The Balaban J connectivity index is 1.33. The number of aromatic nitrogens is 4. The minimum absolute atomic E-state index is 0.385. The number of halogens is 2. The molecule has 0 aliphatic rings. The molecular weight excluding hydrogens is 1010 g/mol. The van der Waals surface area contributed by atoms with Gasteiger partial charge in [-0.1, -0.05) is 156 Å². The maximum absolute atomic E-state index is 18.5. The molecular formula is C76H60F2N4. The van der Waals surface area contributed by atoms with E-state index < -0.39 is 11.1 Å². The Kier molecular flexibility index (Phi) is 10.9. The van der Waals surface area contributed by atoms with Crippen molar-refractivity contribution in [2.75, 3.05) is 0 Å². The summed E-state index contributed by atoms with van der Waals surface area (Å²) in [6.45, 7) is 17.9. The van der Waals surface area contributed by atoms with Crippen LogP contribution >= 0.6 is 0 Å². The van der Waals surface area contributed by atoms with E-state index in [4.69, 9.17) is 0 Å². The Morgan fingerprint density at radius 1 is 0.280 bits per heavy atom. The minimum atomic E-state index is -1.05. The quantitative estimate of drug-likeness (QED) is 0.145. The van der Waals surface area contributed by atoms with Gasteiger partial charge in [0.2, 0.25) is 0 Å². The topological polar surface area (TPSA) is 19.7 Å². The lowest BCUT2D eigenvalue weighted by atomic mass is 9.74. The first-order chi connectivity index (χ1) is 39.7. The van der Waals surface area contributed by atoms with Crippen LogP contribution in [-0.4, -0.2) is 18.3 Å². The Bertz CT molecular complexity index is 4770. The maximum Gasteiger partial charge on any atom is 0.131 e. The number of rotatable bonds is 8. The smallest absolute Gasteiger partial charge is 0.131 e. The Morgan fingerprint density at radius 2 is 0.549 bits per heavy atom. The van der Waals surface area contributed by atoms with E-state index in [9.17, 15) is 0 Å². The fourth-order valence-corrected chi connectivity index (χ4v) is 14.5. The molecule has 6 heteroatoms. The molecule has 0 atom stereocenters. The molecule has 15 rings (SSSR count). The van der Waals surface area contributed by atoms with Gasteiger partial charge in [-0.3, -0.25) is 0 Å². The van der Waals surface area contributed by atoms with Gasteiger partial charge in [-0.25, -0.2) is 8.78 Å². The molecule has 0 saturated carbocycles. The number of hydrogen-bond acceptors (Lipinski definition) is 0. The van der Waals surface area contributed by atoms with Gasteiger partial charge < -0.3 is 18.3 Å². The molecule has 4 aromatic heterocycles. The van der Waals surface area contributed by atoms with Crippen molar-refractivity contribution in [3.05, 3.63) is 263 Å². The summed E-state index contributed by atoms with van der Waals surface area (Å²) in [5.41, 5.74) is 15.8. The predicted molar refractivity (Wildman–Crippen MR) is 341 cm³/mol. The number of hydrogen-bond donors (Lipinski definition) is 0. The van der Waals surface area contributed by atoms with Crippen LogP contribution in [0.15, 0.2) is 218 Å². The van der Waals surface area contributed by atoms with E-state index in [1.165, 1.54) is 0 Å². The average molecular weight is 1070 g/mol. The summed E-state index contributed by atoms with van der Waals surface area (Å²) in [6, 6.07) is 76.0. The van der Waals surface area contributed by atoms with Crippen LogP contribution in [-0.2, 0) is 11.1 Å². The number of nitrogens with zero attached hydrogens (tertiary/aromatic N) is 4. The van der Waals surface area contributed by atoms with Crippen molar-refractivity contribution in [2.24, 2.45) is 0 Å². The van der Waals surface area contributed by atoms with Gasteiger partial charge in [0.1, 0.15) is 11.6 Å². The lowest BCUT2D eigenvalue weighted by molar-refractivity contribution is 0.447. The first-order valence-electron chi connectivity index (χ1n) is 28.5. The van der Waals surface area contributed by atoms with Gasteiger partial charge in [-0.05, 0) is 140 Å². The highest BCUT2D eigenvalue weighted by atomic mass is 19.1. The van der Waals surface area contributed by atoms with Crippen LogP contribution in [0.25, 0.3) is 121 Å². The second kappa shape index (κ2) is 18.0. The number of para-hydroxylation sites is 4. The molecule has 4 nitrogen and oxygen atoms in total. The Morgan fingerprint density at radius 3 is 0.854 bits per heavy atom. The monoisotopic (exact) mass is 1070 g/mol. The molecule has 4 heterocycles. The molecule has 0 saturated heterocycles. The van der Waals surface area contributed by atoms with E-state index in [1.54, 1.807) is 24.3 Å². The largest absolute Gasteiger partial charge is 0.331 e. The molecule has 0 spiro atoms. The molecule has 0 aliphatic heterocycles. The number of benzene rings is 11. The van der Waals surface area contributed by atoms with Crippen LogP contribution in [0, 0.1) is 39.3 Å². The normalized spacial score (nSPS) is 12.5. The van der Waals surface area contributed by atoms with E-state index in [1.807, 2.05) is 24.3 Å². The highest BCUT2D eigenvalue weighted by Gasteiger charge is 2.44. The summed E-state index contributed by atoms with van der Waals surface area (Å²) >= 11 is 0. The lowest BCUT2D eigenvalue weighted by Gasteiger charge is -2.42. The summed E-state index contributed by atoms with van der Waals surface area (Å²) in [5.74, 6) is -0.771. The first kappa shape index (κ1) is 49.5. The summed E-state index contributed by atoms with van der Waals surface area (Å²) in [6.07, 6.45) is 0. The molecule has 398 valence electrons. The molecule has 0 aliphatic carbocycles. The second-order valence-electron chi connectivity index (χ2n) is 23.8. The number of aryl methyl sites for hydroxylation is 4. The van der Waals surface area contributed by atoms with Crippen molar-refractivity contribution in [3.8, 4) is 33.6 Å². The van der Waals surface area contributed by atoms with E-state index in [0.29, 0.717) is 27.9 Å². The van der Waals surface area contributed by atoms with Gasteiger partial charge in [0.15, 0.2) is 0 Å². The third kappa shape index (κ3) is 7.00. The summed E-state index contributed by atoms with van der Waals surface area (Å²) in [5, 5.41) is 8.77. The molecule has 82 heavy (non-hydrogen) atoms. The molecule has 11 aromatic carbocycles. The fourth-order valence-electron chi connectivity index (χ4n) is 14.5. The summed E-state index contributed by atoms with van der Waals surface area (Å²) in [4.78, 5) is 0. The predicted octanol–water partition coefficient (Wildman–Crippen LogP) is 20.5. The summed E-state index contributed by atoms with van der Waals surface area (Å²) in [7, 11) is 0. The number of fused-ring (bicyclic) bond motifs is 12. The van der Waals surface area contributed by atoms with Gasteiger partial charge in [-0.15, -0.1) is 0 Å². The average Bonchev–Trinajstić information content (AvgIpc) is 2.05. The van der Waals surface area contributed by atoms with Gasteiger partial charge in [0.05, 0.1) is 44.5 Å². The third-order valence-electron chi connectivity index (χ3n) is 17.8. The van der Waals surface area contributed by atoms with Crippen LogP contribution < -0.4 is 0 Å². The zero-order valence-electron chi connectivity index (χ0n) is 47.3. The van der Waals surface area contributed by atoms with Gasteiger partial charge in [-0.2, -0.15) is 0 Å². The van der Waals surface area contributed by atoms with Gasteiger partial charge >= 0.3 is 0 Å². The van der Waals surface area contributed by atoms with Crippen molar-refractivity contribution in [3.63, 3.8) is 0 Å². The lowest BCUT2D eigenvalue weighted by Crippen LogP contribution is -2.36. The third-order valence-corrected chi connectivity index (χ3v) is 17.8. The van der Waals surface area contributed by atoms with Crippen LogP contribution in [0.2, 0.25) is 0 Å². The van der Waals surface area contributed by atoms with Crippen LogP contribution in [0.5, 0.6) is 0 Å². The molecule has 0 bridgehead atoms. The zero-order chi connectivity index (χ0) is 56.1. The van der Waals surface area contributed by atoms with Crippen LogP contribution in [0.4, 0.5) is 8.78 Å². The zero-order valence-corrected chi connectivity index (χ0v) is 47.3. The molecule has 0 amide bonds.